The average Bonchev–Trinajstić information content (AvgIpc) is 2.66. The molecular weight excluding hydrogens is 343 g/mol. The predicted molar refractivity (Wildman–Crippen MR) is 89.4 cm³/mol. The highest BCUT2D eigenvalue weighted by molar-refractivity contribution is 5.98. The van der Waals surface area contributed by atoms with Crippen LogP contribution in [0, 0.1) is 5.82 Å². The maximum absolute atomic E-state index is 13.6. The van der Waals surface area contributed by atoms with Crippen molar-refractivity contribution in [2.75, 3.05) is 26.9 Å². The number of ketones is 1. The molecule has 0 aromatic heterocycles. The molecule has 0 spiro atoms. The van der Waals surface area contributed by atoms with Gasteiger partial charge in [-0.3, -0.25) is 9.59 Å². The summed E-state index contributed by atoms with van der Waals surface area (Å²) in [6, 6.07) is 8.97. The molecule has 0 saturated carbocycles. The summed E-state index contributed by atoms with van der Waals surface area (Å²) in [4.78, 5) is 24.0. The first-order valence-corrected chi connectivity index (χ1v) is 7.97. The van der Waals surface area contributed by atoms with Gasteiger partial charge in [-0.2, -0.15) is 0 Å². The molecule has 0 saturated heterocycles. The number of ether oxygens (including phenoxy) is 4. The third-order valence-electron chi connectivity index (χ3n) is 3.79. The molecule has 1 heterocycles. The molecule has 2 aromatic rings. The molecule has 0 aliphatic carbocycles. The molecule has 0 fully saturated rings. The van der Waals surface area contributed by atoms with Gasteiger partial charge in [0.25, 0.3) is 0 Å². The van der Waals surface area contributed by atoms with Crippen LogP contribution in [0.15, 0.2) is 36.4 Å². The third-order valence-corrected chi connectivity index (χ3v) is 3.79. The van der Waals surface area contributed by atoms with Gasteiger partial charge in [0, 0.05) is 5.56 Å². The molecule has 0 N–H and O–H groups in total. The van der Waals surface area contributed by atoms with Gasteiger partial charge in [-0.25, -0.2) is 4.39 Å². The quantitative estimate of drug-likeness (QED) is 0.582. The van der Waals surface area contributed by atoms with Crippen LogP contribution in [0.25, 0.3) is 0 Å². The van der Waals surface area contributed by atoms with Crippen LogP contribution in [0.2, 0.25) is 0 Å². The number of esters is 1. The van der Waals surface area contributed by atoms with Crippen molar-refractivity contribution in [1.82, 2.24) is 0 Å². The topological polar surface area (TPSA) is 71.1 Å². The van der Waals surface area contributed by atoms with Gasteiger partial charge in [-0.1, -0.05) is 6.07 Å². The minimum Gasteiger partial charge on any atom is -0.494 e. The lowest BCUT2D eigenvalue weighted by Gasteiger charge is -2.18. The van der Waals surface area contributed by atoms with Crippen LogP contribution in [0.1, 0.15) is 15.9 Å². The highest BCUT2D eigenvalue weighted by atomic mass is 19.1. The van der Waals surface area contributed by atoms with Gasteiger partial charge in [0.15, 0.2) is 35.5 Å². The molecule has 7 heteroatoms. The molecule has 6 nitrogen and oxygen atoms in total. The molecule has 0 amide bonds. The number of carbonyl (C=O) groups is 2. The lowest BCUT2D eigenvalue weighted by atomic mass is 10.1. The lowest BCUT2D eigenvalue weighted by Crippen LogP contribution is -2.18. The second-order valence-corrected chi connectivity index (χ2v) is 5.59. The van der Waals surface area contributed by atoms with Crippen LogP contribution in [-0.4, -0.2) is 38.7 Å². The number of methoxy groups -OCH3 is 1. The van der Waals surface area contributed by atoms with E-state index in [1.807, 2.05) is 0 Å². The second kappa shape index (κ2) is 7.86. The molecule has 26 heavy (non-hydrogen) atoms. The summed E-state index contributed by atoms with van der Waals surface area (Å²) in [7, 11) is 1.36. The van der Waals surface area contributed by atoms with Gasteiger partial charge in [0.1, 0.15) is 13.2 Å². The van der Waals surface area contributed by atoms with Crippen LogP contribution in [0.4, 0.5) is 4.39 Å². The fourth-order valence-corrected chi connectivity index (χ4v) is 2.48. The fourth-order valence-electron chi connectivity index (χ4n) is 2.48. The van der Waals surface area contributed by atoms with Crippen molar-refractivity contribution >= 4 is 11.8 Å². The Morgan fingerprint density at radius 3 is 2.58 bits per heavy atom. The van der Waals surface area contributed by atoms with Crippen molar-refractivity contribution in [1.29, 1.82) is 0 Å². The molecule has 136 valence electrons. The molecule has 0 bridgehead atoms. The summed E-state index contributed by atoms with van der Waals surface area (Å²) >= 11 is 0. The van der Waals surface area contributed by atoms with Crippen molar-refractivity contribution in [3.8, 4) is 17.2 Å². The summed E-state index contributed by atoms with van der Waals surface area (Å²) in [6.45, 7) is 0.471. The van der Waals surface area contributed by atoms with Crippen molar-refractivity contribution in [2.45, 2.75) is 6.42 Å². The summed E-state index contributed by atoms with van der Waals surface area (Å²) in [5.74, 6) is -0.397. The maximum atomic E-state index is 13.6. The number of hydrogen-bond donors (Lipinski definition) is 0. The Morgan fingerprint density at radius 1 is 1.08 bits per heavy atom. The number of rotatable bonds is 6. The number of Topliss-reactive ketones (excluding diaryl/α,β-unsaturated/α-hetero) is 1. The molecule has 3 rings (SSSR count). The second-order valence-electron chi connectivity index (χ2n) is 5.59. The monoisotopic (exact) mass is 360 g/mol. The highest BCUT2D eigenvalue weighted by Crippen LogP contribution is 2.30. The zero-order chi connectivity index (χ0) is 18.5. The van der Waals surface area contributed by atoms with E-state index in [4.69, 9.17) is 18.9 Å². The lowest BCUT2D eigenvalue weighted by molar-refractivity contribution is -0.141. The number of carbonyl (C=O) groups excluding carboxylic acids is 2. The SMILES string of the molecule is COc1ccc(CC(=O)OCC(=O)c2ccc3c(c2)OCCO3)cc1F. The molecule has 1 aliphatic heterocycles. The smallest absolute Gasteiger partial charge is 0.310 e. The molecule has 1 aliphatic rings. The Hall–Kier alpha value is -3.09. The van der Waals surface area contributed by atoms with Crippen LogP contribution >= 0.6 is 0 Å². The van der Waals surface area contributed by atoms with E-state index in [1.54, 1.807) is 24.3 Å². The Morgan fingerprint density at radius 2 is 1.85 bits per heavy atom. The average molecular weight is 360 g/mol. The van der Waals surface area contributed by atoms with Crippen LogP contribution in [0.5, 0.6) is 17.2 Å². The minimum atomic E-state index is -0.625. The van der Waals surface area contributed by atoms with Crippen molar-refractivity contribution < 1.29 is 32.9 Å². The third kappa shape index (κ3) is 4.11. The van der Waals surface area contributed by atoms with Gasteiger partial charge in [0.2, 0.25) is 0 Å². The maximum Gasteiger partial charge on any atom is 0.310 e. The van der Waals surface area contributed by atoms with Gasteiger partial charge in [-0.15, -0.1) is 0 Å². The van der Waals surface area contributed by atoms with E-state index in [-0.39, 0.29) is 18.0 Å². The van der Waals surface area contributed by atoms with E-state index in [9.17, 15) is 14.0 Å². The van der Waals surface area contributed by atoms with Gasteiger partial charge in [0.05, 0.1) is 13.5 Å². The molecule has 2 aromatic carbocycles. The van der Waals surface area contributed by atoms with E-state index in [0.29, 0.717) is 35.8 Å². The molecule has 0 unspecified atom stereocenters. The molecule has 0 radical (unpaired) electrons. The number of benzene rings is 2. The normalized spacial score (nSPS) is 12.4. The Bertz CT molecular complexity index is 833. The zero-order valence-corrected chi connectivity index (χ0v) is 14.1. The number of fused-ring (bicyclic) bond motifs is 1. The summed E-state index contributed by atoms with van der Waals surface area (Å²) in [5, 5.41) is 0. The van der Waals surface area contributed by atoms with Gasteiger partial charge < -0.3 is 18.9 Å². The first-order chi connectivity index (χ1) is 12.6. The van der Waals surface area contributed by atoms with E-state index >= 15 is 0 Å². The Labute approximate surface area is 149 Å². The van der Waals surface area contributed by atoms with Crippen LogP contribution in [-0.2, 0) is 16.0 Å². The van der Waals surface area contributed by atoms with Crippen LogP contribution < -0.4 is 14.2 Å². The van der Waals surface area contributed by atoms with Gasteiger partial charge >= 0.3 is 5.97 Å². The summed E-state index contributed by atoms with van der Waals surface area (Å²) in [6.07, 6.45) is -0.144. The molecular formula is C19H17FO6. The largest absolute Gasteiger partial charge is 0.494 e. The first kappa shape index (κ1) is 17.7. The van der Waals surface area contributed by atoms with Gasteiger partial charge in [-0.05, 0) is 35.9 Å². The predicted octanol–water partition coefficient (Wildman–Crippen LogP) is 2.57. The van der Waals surface area contributed by atoms with Crippen molar-refractivity contribution in [3.05, 3.63) is 53.3 Å². The van der Waals surface area contributed by atoms with Crippen molar-refractivity contribution in [3.63, 3.8) is 0 Å². The summed E-state index contributed by atoms with van der Waals surface area (Å²) < 4.78 is 34.2. The van der Waals surface area contributed by atoms with Crippen LogP contribution in [0.3, 0.4) is 0 Å². The Balaban J connectivity index is 1.55. The standard InChI is InChI=1S/C19H17FO6/c1-23-16-4-2-12(8-14(16)20)9-19(22)26-11-15(21)13-3-5-17-18(10-13)25-7-6-24-17/h2-5,8,10H,6-7,9,11H2,1H3. The van der Waals surface area contributed by atoms with E-state index < -0.39 is 18.4 Å². The Kier molecular flexibility index (Phi) is 5.36. The molecule has 0 atom stereocenters. The fraction of sp³-hybridized carbons (Fsp3) is 0.263. The number of halogens is 1. The number of hydrogen-bond acceptors (Lipinski definition) is 6. The van der Waals surface area contributed by atoms with E-state index in [2.05, 4.69) is 0 Å². The van der Waals surface area contributed by atoms with E-state index in [0.717, 1.165) is 0 Å². The minimum absolute atomic E-state index is 0.0934. The van der Waals surface area contributed by atoms with Crippen molar-refractivity contribution in [2.24, 2.45) is 0 Å². The highest BCUT2D eigenvalue weighted by Gasteiger charge is 2.16. The van der Waals surface area contributed by atoms with E-state index in [1.165, 1.54) is 19.2 Å². The first-order valence-electron chi connectivity index (χ1n) is 7.97. The summed E-state index contributed by atoms with van der Waals surface area (Å²) in [5.41, 5.74) is 0.789. The zero-order valence-electron chi connectivity index (χ0n) is 14.1.